The number of benzene rings is 2. The van der Waals surface area contributed by atoms with Gasteiger partial charge < -0.3 is 19.5 Å². The lowest BCUT2D eigenvalue weighted by atomic mass is 10.1. The lowest BCUT2D eigenvalue weighted by Gasteiger charge is -2.09. The van der Waals surface area contributed by atoms with Crippen molar-refractivity contribution in [2.75, 3.05) is 18.7 Å². The third-order valence-corrected chi connectivity index (χ3v) is 4.14. The number of aryl methyl sites for hydroxylation is 1. The third kappa shape index (κ3) is 3.25. The molecule has 0 radical (unpaired) electrons. The highest BCUT2D eigenvalue weighted by Gasteiger charge is 2.19. The van der Waals surface area contributed by atoms with Gasteiger partial charge in [-0.1, -0.05) is 18.2 Å². The van der Waals surface area contributed by atoms with E-state index < -0.39 is 18.5 Å². The molecule has 9 nitrogen and oxygen atoms in total. The molecule has 1 aliphatic rings. The van der Waals surface area contributed by atoms with Gasteiger partial charge >= 0.3 is 5.97 Å². The summed E-state index contributed by atoms with van der Waals surface area (Å²) in [5.74, 6) is -0.207. The number of anilines is 1. The summed E-state index contributed by atoms with van der Waals surface area (Å²) in [6, 6.07) is 11.5. The van der Waals surface area contributed by atoms with Crippen molar-refractivity contribution in [2.45, 2.75) is 0 Å². The first-order valence-electron chi connectivity index (χ1n) is 8.35. The molecule has 1 amide bonds. The van der Waals surface area contributed by atoms with E-state index in [1.54, 1.807) is 42.5 Å². The molecule has 28 heavy (non-hydrogen) atoms. The van der Waals surface area contributed by atoms with Crippen LogP contribution in [0.25, 0.3) is 10.8 Å². The molecule has 2 aromatic carbocycles. The predicted octanol–water partition coefficient (Wildman–Crippen LogP) is 1.46. The van der Waals surface area contributed by atoms with E-state index in [1.807, 2.05) is 0 Å². The molecule has 0 spiro atoms. The zero-order valence-corrected chi connectivity index (χ0v) is 14.8. The molecule has 1 aromatic heterocycles. The number of carbonyl (C=O) groups is 2. The Morgan fingerprint density at radius 2 is 1.89 bits per heavy atom. The maximum Gasteiger partial charge on any atom is 0.359 e. The largest absolute Gasteiger partial charge is 0.454 e. The van der Waals surface area contributed by atoms with Crippen LogP contribution in [0.2, 0.25) is 0 Å². The first-order chi connectivity index (χ1) is 13.5. The van der Waals surface area contributed by atoms with Crippen molar-refractivity contribution in [3.63, 3.8) is 0 Å². The summed E-state index contributed by atoms with van der Waals surface area (Å²) in [7, 11) is 1.44. The van der Waals surface area contributed by atoms with Gasteiger partial charge in [0, 0.05) is 24.2 Å². The highest BCUT2D eigenvalue weighted by atomic mass is 16.7. The minimum absolute atomic E-state index is 0.0337. The van der Waals surface area contributed by atoms with Crippen molar-refractivity contribution in [1.82, 2.24) is 9.78 Å². The molecular weight excluding hydrogens is 366 g/mol. The average molecular weight is 381 g/mol. The summed E-state index contributed by atoms with van der Waals surface area (Å²) in [5, 5.41) is 7.29. The molecule has 1 aliphatic heterocycles. The second-order valence-corrected chi connectivity index (χ2v) is 6.02. The normalized spacial score (nSPS) is 12.0. The molecule has 0 saturated heterocycles. The van der Waals surface area contributed by atoms with E-state index in [0.29, 0.717) is 28.0 Å². The second kappa shape index (κ2) is 7.03. The highest BCUT2D eigenvalue weighted by Crippen LogP contribution is 2.34. The van der Waals surface area contributed by atoms with Crippen LogP contribution in [0.5, 0.6) is 11.5 Å². The molecule has 0 fully saturated rings. The Kier molecular flexibility index (Phi) is 4.40. The van der Waals surface area contributed by atoms with Crippen LogP contribution in [0.3, 0.4) is 0 Å². The number of ether oxygens (including phenoxy) is 3. The summed E-state index contributed by atoms with van der Waals surface area (Å²) < 4.78 is 16.6. The number of carbonyl (C=O) groups excluding carboxylic acids is 2. The molecule has 9 heteroatoms. The minimum Gasteiger partial charge on any atom is -0.454 e. The van der Waals surface area contributed by atoms with Gasteiger partial charge in [0.05, 0.1) is 5.39 Å². The Hall–Kier alpha value is -3.88. The van der Waals surface area contributed by atoms with Crippen LogP contribution in [-0.4, -0.2) is 35.1 Å². The van der Waals surface area contributed by atoms with E-state index in [9.17, 15) is 14.4 Å². The first kappa shape index (κ1) is 17.5. The smallest absolute Gasteiger partial charge is 0.359 e. The molecule has 1 N–H and O–H groups in total. The molecule has 0 unspecified atom stereocenters. The fraction of sp³-hybridized carbons (Fsp3) is 0.158. The summed E-state index contributed by atoms with van der Waals surface area (Å²) >= 11 is 0. The maximum atomic E-state index is 12.4. The molecule has 142 valence electrons. The lowest BCUT2D eigenvalue weighted by molar-refractivity contribution is -0.119. The van der Waals surface area contributed by atoms with Gasteiger partial charge in [-0.25, -0.2) is 9.48 Å². The number of nitrogens with one attached hydrogen (secondary N) is 1. The van der Waals surface area contributed by atoms with Gasteiger partial charge in [-0.15, -0.1) is 0 Å². The Labute approximate surface area is 158 Å². The average Bonchev–Trinajstić information content (AvgIpc) is 3.17. The molecule has 3 aromatic rings. The van der Waals surface area contributed by atoms with E-state index in [1.165, 1.54) is 7.05 Å². The standard InChI is InChI=1S/C19H15N3O6/c1-22-18(24)13-5-3-2-4-12(13)17(21-22)19(25)26-9-16(23)20-11-6-7-14-15(8-11)28-10-27-14/h2-8H,9-10H2,1H3,(H,20,23). The van der Waals surface area contributed by atoms with Crippen LogP contribution < -0.4 is 20.3 Å². The number of fused-ring (bicyclic) bond motifs is 2. The van der Waals surface area contributed by atoms with Gasteiger partial charge in [0.2, 0.25) is 6.79 Å². The van der Waals surface area contributed by atoms with E-state index in [-0.39, 0.29) is 18.0 Å². The first-order valence-corrected chi connectivity index (χ1v) is 8.35. The maximum absolute atomic E-state index is 12.4. The van der Waals surface area contributed by atoms with Gasteiger partial charge in [-0.3, -0.25) is 9.59 Å². The summed E-state index contributed by atoms with van der Waals surface area (Å²) in [5.41, 5.74) is 0.122. The summed E-state index contributed by atoms with van der Waals surface area (Å²) in [4.78, 5) is 36.6. The predicted molar refractivity (Wildman–Crippen MR) is 98.5 cm³/mol. The van der Waals surface area contributed by atoms with E-state index in [0.717, 1.165) is 4.68 Å². The van der Waals surface area contributed by atoms with Crippen LogP contribution in [0.15, 0.2) is 47.3 Å². The van der Waals surface area contributed by atoms with Gasteiger partial charge in [0.15, 0.2) is 23.8 Å². The van der Waals surface area contributed by atoms with Crippen LogP contribution in [-0.2, 0) is 16.6 Å². The van der Waals surface area contributed by atoms with Crippen molar-refractivity contribution in [2.24, 2.45) is 7.05 Å². The van der Waals surface area contributed by atoms with Crippen LogP contribution in [0.1, 0.15) is 10.5 Å². The van der Waals surface area contributed by atoms with Crippen LogP contribution in [0, 0.1) is 0 Å². The van der Waals surface area contributed by atoms with Crippen molar-refractivity contribution in [3.8, 4) is 11.5 Å². The fourth-order valence-corrected chi connectivity index (χ4v) is 2.82. The molecule has 0 aliphatic carbocycles. The van der Waals surface area contributed by atoms with Crippen molar-refractivity contribution in [3.05, 3.63) is 58.5 Å². The monoisotopic (exact) mass is 381 g/mol. The topological polar surface area (TPSA) is 109 Å². The SMILES string of the molecule is Cn1nc(C(=O)OCC(=O)Nc2ccc3c(c2)OCO3)c2ccccc2c1=O. The quantitative estimate of drug-likeness (QED) is 0.682. The molecule has 0 bridgehead atoms. The van der Waals surface area contributed by atoms with Crippen LogP contribution in [0.4, 0.5) is 5.69 Å². The summed E-state index contributed by atoms with van der Waals surface area (Å²) in [6.07, 6.45) is 0. The second-order valence-electron chi connectivity index (χ2n) is 6.02. The lowest BCUT2D eigenvalue weighted by Crippen LogP contribution is -2.26. The van der Waals surface area contributed by atoms with Gasteiger partial charge in [0.25, 0.3) is 11.5 Å². The molecule has 4 rings (SSSR count). The third-order valence-electron chi connectivity index (χ3n) is 4.14. The van der Waals surface area contributed by atoms with Gasteiger partial charge in [-0.2, -0.15) is 5.10 Å². The molecule has 0 saturated carbocycles. The van der Waals surface area contributed by atoms with E-state index in [2.05, 4.69) is 10.4 Å². The summed E-state index contributed by atoms with van der Waals surface area (Å²) in [6.45, 7) is -0.378. The fourth-order valence-electron chi connectivity index (χ4n) is 2.82. The zero-order valence-electron chi connectivity index (χ0n) is 14.8. The number of rotatable bonds is 4. The van der Waals surface area contributed by atoms with E-state index >= 15 is 0 Å². The molecule has 0 atom stereocenters. The number of aromatic nitrogens is 2. The number of amides is 1. The Morgan fingerprint density at radius 1 is 1.14 bits per heavy atom. The number of hydrogen-bond acceptors (Lipinski definition) is 7. The highest BCUT2D eigenvalue weighted by molar-refractivity contribution is 6.03. The Morgan fingerprint density at radius 3 is 2.71 bits per heavy atom. The van der Waals surface area contributed by atoms with Crippen molar-refractivity contribution in [1.29, 1.82) is 0 Å². The Bertz CT molecular complexity index is 1150. The van der Waals surface area contributed by atoms with E-state index in [4.69, 9.17) is 14.2 Å². The number of hydrogen-bond donors (Lipinski definition) is 1. The molecule has 2 heterocycles. The number of nitrogens with zero attached hydrogens (tertiary/aromatic N) is 2. The number of esters is 1. The van der Waals surface area contributed by atoms with Crippen molar-refractivity contribution < 1.29 is 23.8 Å². The minimum atomic E-state index is -0.798. The Balaban J connectivity index is 1.46. The van der Waals surface area contributed by atoms with Crippen molar-refractivity contribution >= 4 is 28.3 Å². The zero-order chi connectivity index (χ0) is 19.7. The van der Waals surface area contributed by atoms with Gasteiger partial charge in [-0.05, 0) is 18.2 Å². The van der Waals surface area contributed by atoms with Gasteiger partial charge in [0.1, 0.15) is 0 Å². The van der Waals surface area contributed by atoms with Crippen LogP contribution >= 0.6 is 0 Å². The molecular formula is C19H15N3O6.